The lowest BCUT2D eigenvalue weighted by atomic mass is 10.0. The summed E-state index contributed by atoms with van der Waals surface area (Å²) < 4.78 is 15.6. The number of halogens is 2. The van der Waals surface area contributed by atoms with Crippen LogP contribution in [0.4, 0.5) is 16.2 Å². The highest BCUT2D eigenvalue weighted by atomic mass is 35.5. The molecule has 0 atom stereocenters. The Morgan fingerprint density at radius 2 is 1.54 bits per heavy atom. The summed E-state index contributed by atoms with van der Waals surface area (Å²) in [6, 6.07) is 13.0. The van der Waals surface area contributed by atoms with Crippen molar-refractivity contribution in [2.75, 3.05) is 10.6 Å². The average Bonchev–Trinajstić information content (AvgIpc) is 3.63. The zero-order chi connectivity index (χ0) is 23.8. The lowest BCUT2D eigenvalue weighted by Crippen LogP contribution is -2.17. The fourth-order valence-corrected chi connectivity index (χ4v) is 5.56. The number of fused-ring (bicyclic) bond motifs is 1. The van der Waals surface area contributed by atoms with Crippen LogP contribution in [0, 0.1) is 5.82 Å². The van der Waals surface area contributed by atoms with Crippen molar-refractivity contribution in [1.82, 2.24) is 19.6 Å². The van der Waals surface area contributed by atoms with Crippen LogP contribution in [-0.4, -0.2) is 31.7 Å². The molecular formula is C27H28ClFN6. The second kappa shape index (κ2) is 9.46. The minimum absolute atomic E-state index is 0.282. The maximum atomic E-state index is 13.7. The first-order chi connectivity index (χ1) is 17.2. The standard InChI is InChI=1S/C27H28ClFN6/c28-21-13-14-23-24(22-15-16-30-27(33-22)32-20-7-3-4-8-20)25(17-9-11-18(29)12-10-17)34-35(23)26(21)31-19-5-1-2-6-19/h9-16,19-20,31H,1-8H2,(H,30,32,33). The third-order valence-corrected chi connectivity index (χ3v) is 7.47. The van der Waals surface area contributed by atoms with Crippen LogP contribution in [0.25, 0.3) is 28.0 Å². The number of nitrogens with one attached hydrogen (secondary N) is 2. The molecule has 8 heteroatoms. The number of rotatable bonds is 6. The first kappa shape index (κ1) is 22.3. The Bertz CT molecular complexity index is 1340. The van der Waals surface area contributed by atoms with Gasteiger partial charge in [-0.05, 0) is 68.1 Å². The molecule has 0 aliphatic heterocycles. The Kier molecular flexibility index (Phi) is 6.02. The van der Waals surface area contributed by atoms with Crippen LogP contribution in [0.1, 0.15) is 51.4 Å². The molecule has 0 bridgehead atoms. The summed E-state index contributed by atoms with van der Waals surface area (Å²) in [6.45, 7) is 0. The van der Waals surface area contributed by atoms with Crippen LogP contribution in [0.3, 0.4) is 0 Å². The van der Waals surface area contributed by atoms with E-state index in [0.29, 0.717) is 23.1 Å². The Morgan fingerprint density at radius 3 is 2.26 bits per heavy atom. The number of hydrogen-bond donors (Lipinski definition) is 2. The summed E-state index contributed by atoms with van der Waals surface area (Å²) >= 11 is 6.67. The predicted molar refractivity (Wildman–Crippen MR) is 138 cm³/mol. The normalized spacial score (nSPS) is 16.9. The molecule has 2 aliphatic carbocycles. The van der Waals surface area contributed by atoms with E-state index in [2.05, 4.69) is 15.6 Å². The second-order valence-corrected chi connectivity index (χ2v) is 9.98. The van der Waals surface area contributed by atoms with Gasteiger partial charge < -0.3 is 10.6 Å². The topological polar surface area (TPSA) is 67.1 Å². The number of benzene rings is 1. The van der Waals surface area contributed by atoms with Gasteiger partial charge in [-0.3, -0.25) is 0 Å². The van der Waals surface area contributed by atoms with E-state index in [1.54, 1.807) is 18.3 Å². The SMILES string of the molecule is Fc1ccc(-c2nn3c(NC4CCCC4)c(Cl)ccc3c2-c2ccnc(NC3CCCC3)n2)cc1. The summed E-state index contributed by atoms with van der Waals surface area (Å²) in [7, 11) is 0. The molecule has 2 aliphatic rings. The van der Waals surface area contributed by atoms with Crippen LogP contribution in [0.5, 0.6) is 0 Å². The number of pyridine rings is 1. The van der Waals surface area contributed by atoms with E-state index in [-0.39, 0.29) is 5.82 Å². The van der Waals surface area contributed by atoms with Gasteiger partial charge >= 0.3 is 0 Å². The molecule has 0 saturated heterocycles. The number of nitrogens with zero attached hydrogens (tertiary/aromatic N) is 4. The van der Waals surface area contributed by atoms with Crippen molar-refractivity contribution in [3.63, 3.8) is 0 Å². The molecule has 2 fully saturated rings. The second-order valence-electron chi connectivity index (χ2n) is 9.57. The van der Waals surface area contributed by atoms with Gasteiger partial charge in [0.1, 0.15) is 17.3 Å². The quantitative estimate of drug-likeness (QED) is 0.306. The smallest absolute Gasteiger partial charge is 0.223 e. The summed E-state index contributed by atoms with van der Waals surface area (Å²) in [4.78, 5) is 9.36. The van der Waals surface area contributed by atoms with Gasteiger partial charge in [0, 0.05) is 23.8 Å². The molecule has 180 valence electrons. The zero-order valence-corrected chi connectivity index (χ0v) is 20.2. The lowest BCUT2D eigenvalue weighted by molar-refractivity contribution is 0.628. The number of hydrogen-bond acceptors (Lipinski definition) is 5. The van der Waals surface area contributed by atoms with Crippen LogP contribution >= 0.6 is 11.6 Å². The van der Waals surface area contributed by atoms with Crippen molar-refractivity contribution in [1.29, 1.82) is 0 Å². The van der Waals surface area contributed by atoms with E-state index in [1.165, 1.54) is 37.8 Å². The molecule has 3 aromatic heterocycles. The van der Waals surface area contributed by atoms with E-state index in [4.69, 9.17) is 21.7 Å². The first-order valence-corrected chi connectivity index (χ1v) is 12.9. The minimum Gasteiger partial charge on any atom is -0.366 e. The third-order valence-electron chi connectivity index (χ3n) is 7.16. The minimum atomic E-state index is -0.282. The Balaban J connectivity index is 1.50. The summed E-state index contributed by atoms with van der Waals surface area (Å²) in [6.07, 6.45) is 11.2. The fraction of sp³-hybridized carbons (Fsp3) is 0.370. The molecule has 6 rings (SSSR count). The molecule has 6 nitrogen and oxygen atoms in total. The Hall–Kier alpha value is -3.19. The van der Waals surface area contributed by atoms with Crippen LogP contribution in [0.15, 0.2) is 48.7 Å². The third kappa shape index (κ3) is 4.45. The highest BCUT2D eigenvalue weighted by molar-refractivity contribution is 6.33. The molecule has 0 amide bonds. The lowest BCUT2D eigenvalue weighted by Gasteiger charge is -2.16. The van der Waals surface area contributed by atoms with Gasteiger partial charge in [-0.1, -0.05) is 37.3 Å². The average molecular weight is 491 g/mol. The predicted octanol–water partition coefficient (Wildman–Crippen LogP) is 6.96. The van der Waals surface area contributed by atoms with Crippen molar-refractivity contribution in [3.8, 4) is 22.5 Å². The summed E-state index contributed by atoms with van der Waals surface area (Å²) in [5.41, 5.74) is 4.08. The maximum Gasteiger partial charge on any atom is 0.223 e. The van der Waals surface area contributed by atoms with E-state index >= 15 is 0 Å². The summed E-state index contributed by atoms with van der Waals surface area (Å²) in [5.74, 6) is 1.12. The zero-order valence-electron chi connectivity index (χ0n) is 19.5. The monoisotopic (exact) mass is 490 g/mol. The van der Waals surface area contributed by atoms with Crippen molar-refractivity contribution in [2.24, 2.45) is 0 Å². The van der Waals surface area contributed by atoms with Gasteiger partial charge in [-0.2, -0.15) is 5.10 Å². The molecule has 1 aromatic carbocycles. The molecular weight excluding hydrogens is 463 g/mol. The van der Waals surface area contributed by atoms with Crippen molar-refractivity contribution >= 4 is 28.9 Å². The van der Waals surface area contributed by atoms with Gasteiger partial charge in [0.25, 0.3) is 0 Å². The van der Waals surface area contributed by atoms with Crippen molar-refractivity contribution in [3.05, 3.63) is 59.5 Å². The molecule has 2 N–H and O–H groups in total. The first-order valence-electron chi connectivity index (χ1n) is 12.5. The van der Waals surface area contributed by atoms with Gasteiger partial charge in [0.05, 0.1) is 21.8 Å². The molecule has 2 saturated carbocycles. The van der Waals surface area contributed by atoms with Gasteiger partial charge in [-0.25, -0.2) is 18.9 Å². The molecule has 0 radical (unpaired) electrons. The van der Waals surface area contributed by atoms with Crippen LogP contribution in [0.2, 0.25) is 5.02 Å². The van der Waals surface area contributed by atoms with Crippen LogP contribution in [-0.2, 0) is 0 Å². The molecule has 3 heterocycles. The molecule has 0 unspecified atom stereocenters. The van der Waals surface area contributed by atoms with Crippen molar-refractivity contribution in [2.45, 2.75) is 63.5 Å². The van der Waals surface area contributed by atoms with E-state index in [0.717, 1.165) is 59.5 Å². The highest BCUT2D eigenvalue weighted by Crippen LogP contribution is 2.38. The number of aromatic nitrogens is 4. The van der Waals surface area contributed by atoms with E-state index in [1.807, 2.05) is 22.7 Å². The van der Waals surface area contributed by atoms with Gasteiger partial charge in [0.15, 0.2) is 0 Å². The van der Waals surface area contributed by atoms with E-state index < -0.39 is 0 Å². The largest absolute Gasteiger partial charge is 0.366 e. The maximum absolute atomic E-state index is 13.7. The molecule has 35 heavy (non-hydrogen) atoms. The Labute approximate surface area is 208 Å². The Morgan fingerprint density at radius 1 is 0.857 bits per heavy atom. The van der Waals surface area contributed by atoms with Crippen LogP contribution < -0.4 is 10.6 Å². The van der Waals surface area contributed by atoms with Gasteiger partial charge in [-0.15, -0.1) is 0 Å². The van der Waals surface area contributed by atoms with E-state index in [9.17, 15) is 4.39 Å². The molecule has 4 aromatic rings. The van der Waals surface area contributed by atoms with Gasteiger partial charge in [0.2, 0.25) is 5.95 Å². The van der Waals surface area contributed by atoms with Crippen molar-refractivity contribution < 1.29 is 4.39 Å². The summed E-state index contributed by atoms with van der Waals surface area (Å²) in [5, 5.41) is 12.7. The number of anilines is 2. The highest BCUT2D eigenvalue weighted by Gasteiger charge is 2.24. The molecule has 0 spiro atoms. The fourth-order valence-electron chi connectivity index (χ4n) is 5.36.